The van der Waals surface area contributed by atoms with Crippen molar-refractivity contribution in [2.24, 2.45) is 11.7 Å². The van der Waals surface area contributed by atoms with Gasteiger partial charge in [-0.15, -0.1) is 0 Å². The fourth-order valence-electron chi connectivity index (χ4n) is 1.77. The molecule has 2 aromatic rings. The van der Waals surface area contributed by atoms with Crippen LogP contribution in [0.2, 0.25) is 0 Å². The summed E-state index contributed by atoms with van der Waals surface area (Å²) in [7, 11) is 0. The number of nitrogens with zero attached hydrogens (tertiary/aromatic N) is 1. The number of hydrogen-bond donors (Lipinski definition) is 2. The van der Waals surface area contributed by atoms with Crippen LogP contribution in [0.3, 0.4) is 0 Å². The second-order valence-electron chi connectivity index (χ2n) is 4.38. The van der Waals surface area contributed by atoms with Crippen molar-refractivity contribution in [3.05, 3.63) is 24.1 Å². The van der Waals surface area contributed by atoms with Crippen molar-refractivity contribution in [1.82, 2.24) is 4.98 Å². The third-order valence-electron chi connectivity index (χ3n) is 2.81. The predicted molar refractivity (Wildman–Crippen MR) is 70.2 cm³/mol. The first-order valence-electron chi connectivity index (χ1n) is 5.98. The number of fused-ring (bicyclic) bond motifs is 1. The SMILES string of the molecule is Cc1nc2cc(NC(=O)C(C)CCN)ccc2o1. The molecule has 0 spiro atoms. The van der Waals surface area contributed by atoms with Gasteiger partial charge in [0.1, 0.15) is 5.52 Å². The Morgan fingerprint density at radius 2 is 2.33 bits per heavy atom. The van der Waals surface area contributed by atoms with Gasteiger partial charge in [-0.1, -0.05) is 6.92 Å². The number of aryl methyl sites for hydroxylation is 1. The van der Waals surface area contributed by atoms with E-state index >= 15 is 0 Å². The lowest BCUT2D eigenvalue weighted by atomic mass is 10.1. The lowest BCUT2D eigenvalue weighted by molar-refractivity contribution is -0.119. The number of hydrogen-bond acceptors (Lipinski definition) is 4. The van der Waals surface area contributed by atoms with Crippen LogP contribution in [0.5, 0.6) is 0 Å². The Bertz CT molecular complexity index is 562. The number of nitrogens with two attached hydrogens (primary N) is 1. The molecular formula is C13H17N3O2. The smallest absolute Gasteiger partial charge is 0.227 e. The van der Waals surface area contributed by atoms with E-state index in [0.29, 0.717) is 18.9 Å². The number of aromatic nitrogens is 1. The summed E-state index contributed by atoms with van der Waals surface area (Å²) in [4.78, 5) is 16.1. The number of amides is 1. The van der Waals surface area contributed by atoms with Crippen LogP contribution in [-0.4, -0.2) is 17.4 Å². The van der Waals surface area contributed by atoms with Gasteiger partial charge in [-0.25, -0.2) is 4.98 Å². The first-order valence-corrected chi connectivity index (χ1v) is 5.98. The fraction of sp³-hybridized carbons (Fsp3) is 0.385. The van der Waals surface area contributed by atoms with E-state index in [4.69, 9.17) is 10.2 Å². The molecule has 0 aliphatic rings. The molecular weight excluding hydrogens is 230 g/mol. The van der Waals surface area contributed by atoms with Crippen molar-refractivity contribution >= 4 is 22.7 Å². The number of carbonyl (C=O) groups excluding carboxylic acids is 1. The molecule has 1 aromatic carbocycles. The zero-order valence-electron chi connectivity index (χ0n) is 10.6. The normalized spacial score (nSPS) is 12.6. The number of carbonyl (C=O) groups is 1. The monoisotopic (exact) mass is 247 g/mol. The Labute approximate surface area is 105 Å². The molecule has 5 nitrogen and oxygen atoms in total. The molecule has 0 saturated heterocycles. The maximum atomic E-state index is 11.8. The van der Waals surface area contributed by atoms with Crippen molar-refractivity contribution in [2.75, 3.05) is 11.9 Å². The summed E-state index contributed by atoms with van der Waals surface area (Å²) in [6.45, 7) is 4.17. The first-order chi connectivity index (χ1) is 8.60. The number of benzene rings is 1. The van der Waals surface area contributed by atoms with Gasteiger partial charge in [-0.3, -0.25) is 4.79 Å². The molecule has 1 unspecified atom stereocenters. The van der Waals surface area contributed by atoms with Crippen LogP contribution in [0.15, 0.2) is 22.6 Å². The highest BCUT2D eigenvalue weighted by Gasteiger charge is 2.12. The van der Waals surface area contributed by atoms with Gasteiger partial charge in [0, 0.05) is 18.5 Å². The van der Waals surface area contributed by atoms with Crippen LogP contribution in [-0.2, 0) is 4.79 Å². The highest BCUT2D eigenvalue weighted by Crippen LogP contribution is 2.20. The predicted octanol–water partition coefficient (Wildman–Crippen LogP) is 2.06. The van der Waals surface area contributed by atoms with Crippen molar-refractivity contribution < 1.29 is 9.21 Å². The zero-order valence-corrected chi connectivity index (χ0v) is 10.6. The third kappa shape index (κ3) is 2.68. The van der Waals surface area contributed by atoms with Crippen LogP contribution >= 0.6 is 0 Å². The largest absolute Gasteiger partial charge is 0.441 e. The Morgan fingerprint density at radius 3 is 3.06 bits per heavy atom. The van der Waals surface area contributed by atoms with Crippen LogP contribution in [0.25, 0.3) is 11.1 Å². The molecule has 1 amide bonds. The Morgan fingerprint density at radius 1 is 1.56 bits per heavy atom. The van der Waals surface area contributed by atoms with Crippen molar-refractivity contribution in [3.63, 3.8) is 0 Å². The summed E-state index contributed by atoms with van der Waals surface area (Å²) in [6, 6.07) is 5.41. The Hall–Kier alpha value is -1.88. The molecule has 1 atom stereocenters. The maximum absolute atomic E-state index is 11.8. The molecule has 0 bridgehead atoms. The van der Waals surface area contributed by atoms with E-state index in [-0.39, 0.29) is 11.8 Å². The minimum absolute atomic E-state index is 0.0278. The summed E-state index contributed by atoms with van der Waals surface area (Å²) in [6.07, 6.45) is 0.678. The Balaban J connectivity index is 2.14. The quantitative estimate of drug-likeness (QED) is 0.866. The lowest BCUT2D eigenvalue weighted by Crippen LogP contribution is -2.22. The second kappa shape index (κ2) is 5.18. The molecule has 1 heterocycles. The van der Waals surface area contributed by atoms with Gasteiger partial charge in [-0.05, 0) is 31.2 Å². The number of oxazole rings is 1. The van der Waals surface area contributed by atoms with E-state index in [0.717, 1.165) is 16.8 Å². The lowest BCUT2D eigenvalue weighted by Gasteiger charge is -2.10. The molecule has 0 aliphatic carbocycles. The Kier molecular flexibility index (Phi) is 3.62. The molecule has 1 aromatic heterocycles. The highest BCUT2D eigenvalue weighted by atomic mass is 16.3. The van der Waals surface area contributed by atoms with E-state index < -0.39 is 0 Å². The molecule has 0 aliphatic heterocycles. The summed E-state index contributed by atoms with van der Waals surface area (Å²) in [5.41, 5.74) is 7.63. The van der Waals surface area contributed by atoms with Gasteiger partial charge >= 0.3 is 0 Å². The van der Waals surface area contributed by atoms with Crippen LogP contribution < -0.4 is 11.1 Å². The van der Waals surface area contributed by atoms with E-state index in [1.165, 1.54) is 0 Å². The number of anilines is 1. The van der Waals surface area contributed by atoms with E-state index in [9.17, 15) is 4.79 Å². The van der Waals surface area contributed by atoms with Gasteiger partial charge in [0.25, 0.3) is 0 Å². The molecule has 96 valence electrons. The highest BCUT2D eigenvalue weighted by molar-refractivity contribution is 5.94. The molecule has 5 heteroatoms. The van der Waals surface area contributed by atoms with Gasteiger partial charge in [0.2, 0.25) is 5.91 Å². The van der Waals surface area contributed by atoms with Crippen molar-refractivity contribution in [1.29, 1.82) is 0 Å². The fourth-order valence-corrected chi connectivity index (χ4v) is 1.77. The topological polar surface area (TPSA) is 81.2 Å². The summed E-state index contributed by atoms with van der Waals surface area (Å²) in [5.74, 6) is 0.495. The van der Waals surface area contributed by atoms with E-state index in [1.807, 2.05) is 6.92 Å². The molecule has 3 N–H and O–H groups in total. The van der Waals surface area contributed by atoms with Crippen LogP contribution in [0.4, 0.5) is 5.69 Å². The van der Waals surface area contributed by atoms with Crippen LogP contribution in [0, 0.1) is 12.8 Å². The third-order valence-corrected chi connectivity index (χ3v) is 2.81. The number of nitrogens with one attached hydrogen (secondary N) is 1. The average Bonchev–Trinajstić information content (AvgIpc) is 2.68. The number of rotatable bonds is 4. The molecule has 0 saturated carbocycles. The van der Waals surface area contributed by atoms with Gasteiger partial charge < -0.3 is 15.5 Å². The molecule has 0 radical (unpaired) electrons. The zero-order chi connectivity index (χ0) is 13.1. The minimum atomic E-state index is -0.0928. The van der Waals surface area contributed by atoms with E-state index in [2.05, 4.69) is 10.3 Å². The van der Waals surface area contributed by atoms with Crippen molar-refractivity contribution in [3.8, 4) is 0 Å². The maximum Gasteiger partial charge on any atom is 0.227 e. The van der Waals surface area contributed by atoms with Crippen LogP contribution in [0.1, 0.15) is 19.2 Å². The van der Waals surface area contributed by atoms with Gasteiger partial charge in [-0.2, -0.15) is 0 Å². The summed E-state index contributed by atoms with van der Waals surface area (Å²) in [5, 5.41) is 2.85. The molecule has 18 heavy (non-hydrogen) atoms. The minimum Gasteiger partial charge on any atom is -0.441 e. The van der Waals surface area contributed by atoms with Gasteiger partial charge in [0.05, 0.1) is 0 Å². The summed E-state index contributed by atoms with van der Waals surface area (Å²) >= 11 is 0. The van der Waals surface area contributed by atoms with Crippen molar-refractivity contribution in [2.45, 2.75) is 20.3 Å². The van der Waals surface area contributed by atoms with E-state index in [1.54, 1.807) is 25.1 Å². The first kappa shape index (κ1) is 12.6. The molecule has 2 rings (SSSR count). The second-order valence-corrected chi connectivity index (χ2v) is 4.38. The van der Waals surface area contributed by atoms with Gasteiger partial charge in [0.15, 0.2) is 11.5 Å². The average molecular weight is 247 g/mol. The summed E-state index contributed by atoms with van der Waals surface area (Å²) < 4.78 is 5.37. The standard InChI is InChI=1S/C13H17N3O2/c1-8(5-6-14)13(17)16-10-3-4-12-11(7-10)15-9(2)18-12/h3-4,7-8H,5-6,14H2,1-2H3,(H,16,17). The molecule has 0 fully saturated rings.